The fourth-order valence-electron chi connectivity index (χ4n) is 4.30. The van der Waals surface area contributed by atoms with Crippen LogP contribution < -0.4 is 20.9 Å². The first-order valence-electron chi connectivity index (χ1n) is 12.2. The molecule has 0 bridgehead atoms. The summed E-state index contributed by atoms with van der Waals surface area (Å²) in [4.78, 5) is 27.6. The number of aromatic nitrogens is 2. The van der Waals surface area contributed by atoms with Crippen molar-refractivity contribution in [2.75, 3.05) is 66.7 Å². The van der Waals surface area contributed by atoms with Crippen molar-refractivity contribution in [3.8, 4) is 6.07 Å². The highest BCUT2D eigenvalue weighted by atomic mass is 16.3. The van der Waals surface area contributed by atoms with Gasteiger partial charge < -0.3 is 30.9 Å². The van der Waals surface area contributed by atoms with Crippen LogP contribution in [0.4, 0.5) is 28.8 Å². The second kappa shape index (κ2) is 11.3. The third-order valence-electron chi connectivity index (χ3n) is 6.57. The summed E-state index contributed by atoms with van der Waals surface area (Å²) in [6.07, 6.45) is 2.18. The number of piperazine rings is 1. The molecule has 2 fully saturated rings. The number of rotatable bonds is 9. The van der Waals surface area contributed by atoms with Crippen LogP contribution in [0.25, 0.3) is 0 Å². The van der Waals surface area contributed by atoms with Crippen molar-refractivity contribution in [2.45, 2.75) is 26.1 Å². The van der Waals surface area contributed by atoms with E-state index in [1.165, 1.54) is 12.3 Å². The zero-order valence-electron chi connectivity index (χ0n) is 20.7. The monoisotopic (exact) mass is 491 g/mol. The third kappa shape index (κ3) is 5.91. The standard InChI is InChI=1S/C25H33N9O2/c1-4-23(36)29-22-12-20(33-10-8-32(5-2)9-11-33)6-7-21(22)30-25-27-14-18(13-26)24(31-25)28-19-15-34(16-19)17(3)35/h4,6-7,12,14,17,19,35H,1,5,8-11,15-16H2,2-3H3,(H,29,36)(H2,27,28,30,31). The van der Waals surface area contributed by atoms with Crippen LogP contribution in [0, 0.1) is 11.3 Å². The van der Waals surface area contributed by atoms with Gasteiger partial charge in [0.2, 0.25) is 11.9 Å². The molecule has 1 aromatic carbocycles. The van der Waals surface area contributed by atoms with Crippen LogP contribution in [-0.4, -0.2) is 88.9 Å². The minimum atomic E-state index is -0.510. The van der Waals surface area contributed by atoms with Gasteiger partial charge in [0, 0.05) is 45.0 Å². The number of anilines is 5. The molecule has 2 saturated heterocycles. The highest BCUT2D eigenvalue weighted by molar-refractivity contribution is 6.01. The molecule has 3 heterocycles. The number of nitrogens with zero attached hydrogens (tertiary/aromatic N) is 6. The number of aliphatic hydroxyl groups excluding tert-OH is 1. The van der Waals surface area contributed by atoms with Crippen LogP contribution in [0.3, 0.4) is 0 Å². The minimum absolute atomic E-state index is 0.0735. The summed E-state index contributed by atoms with van der Waals surface area (Å²) < 4.78 is 0. The van der Waals surface area contributed by atoms with Gasteiger partial charge in [-0.15, -0.1) is 0 Å². The Balaban J connectivity index is 1.53. The van der Waals surface area contributed by atoms with Gasteiger partial charge in [-0.3, -0.25) is 9.69 Å². The Bertz CT molecular complexity index is 1130. The molecule has 4 N–H and O–H groups in total. The van der Waals surface area contributed by atoms with Crippen molar-refractivity contribution in [1.29, 1.82) is 5.26 Å². The highest BCUT2D eigenvalue weighted by Gasteiger charge is 2.30. The number of nitrogens with one attached hydrogen (secondary N) is 3. The Hall–Kier alpha value is -3.72. The van der Waals surface area contributed by atoms with E-state index in [9.17, 15) is 15.2 Å². The molecule has 36 heavy (non-hydrogen) atoms. The summed E-state index contributed by atoms with van der Waals surface area (Å²) in [5, 5.41) is 28.5. The molecule has 0 radical (unpaired) electrons. The molecule has 4 rings (SSSR count). The SMILES string of the molecule is C=CC(=O)Nc1cc(N2CCN(CC)CC2)ccc1Nc1ncc(C#N)c(NC2CN(C(C)O)C2)n1. The zero-order chi connectivity index (χ0) is 25.7. The van der Waals surface area contributed by atoms with E-state index < -0.39 is 6.23 Å². The minimum Gasteiger partial charge on any atom is -0.379 e. The first kappa shape index (κ1) is 25.4. The summed E-state index contributed by atoms with van der Waals surface area (Å²) in [5.41, 5.74) is 2.56. The molecule has 0 spiro atoms. The van der Waals surface area contributed by atoms with E-state index in [4.69, 9.17) is 0 Å². The molecule has 0 aliphatic carbocycles. The van der Waals surface area contributed by atoms with Crippen molar-refractivity contribution in [3.05, 3.63) is 42.6 Å². The van der Waals surface area contributed by atoms with Gasteiger partial charge in [-0.25, -0.2) is 4.98 Å². The summed E-state index contributed by atoms with van der Waals surface area (Å²) >= 11 is 0. The van der Waals surface area contributed by atoms with Crippen molar-refractivity contribution in [3.63, 3.8) is 0 Å². The molecule has 1 unspecified atom stereocenters. The summed E-state index contributed by atoms with van der Waals surface area (Å²) in [6, 6.07) is 8.03. The normalized spacial score (nSPS) is 17.6. The first-order valence-corrected chi connectivity index (χ1v) is 12.2. The van der Waals surface area contributed by atoms with E-state index >= 15 is 0 Å². The molecule has 11 nitrogen and oxygen atoms in total. The van der Waals surface area contributed by atoms with Crippen LogP contribution in [-0.2, 0) is 4.79 Å². The maximum absolute atomic E-state index is 12.2. The molecule has 1 atom stereocenters. The fourth-order valence-corrected chi connectivity index (χ4v) is 4.30. The molecular weight excluding hydrogens is 458 g/mol. The van der Waals surface area contributed by atoms with Gasteiger partial charge in [0.15, 0.2) is 0 Å². The summed E-state index contributed by atoms with van der Waals surface area (Å²) in [6.45, 7) is 13.6. The molecule has 11 heteroatoms. The maximum atomic E-state index is 12.2. The van der Waals surface area contributed by atoms with Crippen LogP contribution in [0.15, 0.2) is 37.1 Å². The number of likely N-dealkylation sites (N-methyl/N-ethyl adjacent to an activating group) is 1. The van der Waals surface area contributed by atoms with Gasteiger partial charge in [-0.1, -0.05) is 13.5 Å². The van der Waals surface area contributed by atoms with Gasteiger partial charge >= 0.3 is 0 Å². The van der Waals surface area contributed by atoms with Crippen molar-refractivity contribution < 1.29 is 9.90 Å². The Kier molecular flexibility index (Phi) is 8.00. The van der Waals surface area contributed by atoms with E-state index in [-0.39, 0.29) is 11.9 Å². The highest BCUT2D eigenvalue weighted by Crippen LogP contribution is 2.31. The number of likely N-dealkylation sites (tertiary alicyclic amines) is 1. The summed E-state index contributed by atoms with van der Waals surface area (Å²) in [7, 11) is 0. The average molecular weight is 492 g/mol. The molecule has 2 aliphatic heterocycles. The van der Waals surface area contributed by atoms with E-state index in [1.54, 1.807) is 6.92 Å². The largest absolute Gasteiger partial charge is 0.379 e. The zero-order valence-corrected chi connectivity index (χ0v) is 20.7. The van der Waals surface area contributed by atoms with Crippen molar-refractivity contribution >= 4 is 34.7 Å². The first-order chi connectivity index (χ1) is 17.4. The lowest BCUT2D eigenvalue weighted by Crippen LogP contribution is -2.57. The molecular formula is C25H33N9O2. The number of nitriles is 1. The predicted octanol–water partition coefficient (Wildman–Crippen LogP) is 1.79. The molecule has 2 aromatic rings. The lowest BCUT2D eigenvalue weighted by atomic mass is 10.1. The number of hydrogen-bond acceptors (Lipinski definition) is 10. The third-order valence-corrected chi connectivity index (χ3v) is 6.57. The van der Waals surface area contributed by atoms with Gasteiger partial charge in [0.1, 0.15) is 23.7 Å². The fraction of sp³-hybridized carbons (Fsp3) is 0.440. The summed E-state index contributed by atoms with van der Waals surface area (Å²) in [5.74, 6) is 0.399. The van der Waals surface area contributed by atoms with Crippen molar-refractivity contribution in [2.24, 2.45) is 0 Å². The molecule has 1 aromatic heterocycles. The second-order valence-electron chi connectivity index (χ2n) is 8.96. The number of amides is 1. The Labute approximate surface area is 211 Å². The second-order valence-corrected chi connectivity index (χ2v) is 8.96. The molecule has 2 aliphatic rings. The van der Waals surface area contributed by atoms with Crippen LogP contribution in [0.5, 0.6) is 0 Å². The quantitative estimate of drug-likeness (QED) is 0.385. The molecule has 0 saturated carbocycles. The molecule has 1 amide bonds. The van der Waals surface area contributed by atoms with E-state index in [2.05, 4.69) is 55.3 Å². The van der Waals surface area contributed by atoms with E-state index in [0.29, 0.717) is 41.8 Å². The maximum Gasteiger partial charge on any atom is 0.247 e. The lowest BCUT2D eigenvalue weighted by molar-refractivity contribution is -0.111. The van der Waals surface area contributed by atoms with Gasteiger partial charge in [-0.05, 0) is 37.7 Å². The number of aliphatic hydroxyl groups is 1. The van der Waals surface area contributed by atoms with Gasteiger partial charge in [0.05, 0.1) is 23.6 Å². The predicted molar refractivity (Wildman–Crippen MR) is 140 cm³/mol. The number of hydrogen-bond donors (Lipinski definition) is 4. The Morgan fingerprint density at radius 1 is 1.31 bits per heavy atom. The van der Waals surface area contributed by atoms with Crippen LogP contribution in [0.2, 0.25) is 0 Å². The van der Waals surface area contributed by atoms with Gasteiger partial charge in [-0.2, -0.15) is 10.2 Å². The Morgan fingerprint density at radius 3 is 2.69 bits per heavy atom. The van der Waals surface area contributed by atoms with Crippen LogP contribution >= 0.6 is 0 Å². The average Bonchev–Trinajstić information content (AvgIpc) is 2.86. The van der Waals surface area contributed by atoms with Crippen molar-refractivity contribution in [1.82, 2.24) is 19.8 Å². The Morgan fingerprint density at radius 2 is 2.06 bits per heavy atom. The van der Waals surface area contributed by atoms with E-state index in [1.807, 2.05) is 23.1 Å². The number of carbonyl (C=O) groups is 1. The van der Waals surface area contributed by atoms with E-state index in [0.717, 1.165) is 38.4 Å². The number of benzene rings is 1. The topological polar surface area (TPSA) is 133 Å². The molecule has 190 valence electrons. The lowest BCUT2D eigenvalue weighted by Gasteiger charge is -2.41. The van der Waals surface area contributed by atoms with Crippen LogP contribution in [0.1, 0.15) is 19.4 Å². The smallest absolute Gasteiger partial charge is 0.247 e. The van der Waals surface area contributed by atoms with Gasteiger partial charge in [0.25, 0.3) is 0 Å². The number of carbonyl (C=O) groups excluding carboxylic acids is 1.